The maximum Gasteiger partial charge on any atom is 0.352 e. The lowest BCUT2D eigenvalue weighted by atomic mass is 10.0. The van der Waals surface area contributed by atoms with Gasteiger partial charge in [0, 0.05) is 58.3 Å². The Hall–Kier alpha value is -2.78. The SMILES string of the molecule is CC(C)C(F)(F)CCn1cc(CCN(C)C(=O)c2cc(C(=O)O)n(C)c2)nn1. The van der Waals surface area contributed by atoms with Gasteiger partial charge in [0.2, 0.25) is 0 Å². The summed E-state index contributed by atoms with van der Waals surface area (Å²) in [5, 5.41) is 16.9. The van der Waals surface area contributed by atoms with Crippen LogP contribution in [0.1, 0.15) is 46.8 Å². The molecule has 0 aliphatic rings. The summed E-state index contributed by atoms with van der Waals surface area (Å²) in [6, 6.07) is 1.33. The third-order valence-corrected chi connectivity index (χ3v) is 4.63. The molecular weight excluding hydrogens is 372 g/mol. The smallest absolute Gasteiger partial charge is 0.352 e. The summed E-state index contributed by atoms with van der Waals surface area (Å²) >= 11 is 0. The highest BCUT2D eigenvalue weighted by atomic mass is 19.3. The Balaban J connectivity index is 1.90. The molecule has 0 unspecified atom stereocenters. The normalized spacial score (nSPS) is 11.8. The summed E-state index contributed by atoms with van der Waals surface area (Å²) in [6.45, 7) is 3.35. The van der Waals surface area contributed by atoms with E-state index in [9.17, 15) is 18.4 Å². The van der Waals surface area contributed by atoms with E-state index < -0.39 is 17.8 Å². The quantitative estimate of drug-likeness (QED) is 0.701. The Morgan fingerprint density at radius 1 is 1.32 bits per heavy atom. The molecule has 0 aliphatic carbocycles. The highest BCUT2D eigenvalue weighted by Crippen LogP contribution is 2.28. The number of nitrogens with zero attached hydrogens (tertiary/aromatic N) is 5. The van der Waals surface area contributed by atoms with Gasteiger partial charge in [-0.2, -0.15) is 0 Å². The largest absolute Gasteiger partial charge is 0.477 e. The van der Waals surface area contributed by atoms with Crippen LogP contribution in [0.15, 0.2) is 18.5 Å². The molecule has 28 heavy (non-hydrogen) atoms. The van der Waals surface area contributed by atoms with Gasteiger partial charge in [-0.1, -0.05) is 19.1 Å². The summed E-state index contributed by atoms with van der Waals surface area (Å²) in [7, 11) is 3.16. The van der Waals surface area contributed by atoms with Gasteiger partial charge in [-0.3, -0.25) is 9.48 Å². The summed E-state index contributed by atoms with van der Waals surface area (Å²) < 4.78 is 30.1. The second-order valence-electron chi connectivity index (χ2n) is 7.15. The topological polar surface area (TPSA) is 93.2 Å². The Labute approximate surface area is 161 Å². The molecule has 1 amide bonds. The molecule has 0 saturated carbocycles. The standard InChI is InChI=1S/C18H25F2N5O3/c1-12(2)18(19,20)6-8-25-11-14(21-22-25)5-7-23(3)16(26)13-9-15(17(27)28)24(4)10-13/h9-12H,5-8H2,1-4H3,(H,27,28). The van der Waals surface area contributed by atoms with E-state index >= 15 is 0 Å². The molecule has 0 aromatic carbocycles. The number of aromatic nitrogens is 4. The molecule has 0 aliphatic heterocycles. The average molecular weight is 397 g/mol. The van der Waals surface area contributed by atoms with Crippen LogP contribution in [-0.4, -0.2) is 61.0 Å². The van der Waals surface area contributed by atoms with Crippen LogP contribution in [0.5, 0.6) is 0 Å². The van der Waals surface area contributed by atoms with Gasteiger partial charge in [0.05, 0.1) is 11.3 Å². The zero-order chi connectivity index (χ0) is 21.1. The minimum atomic E-state index is -2.76. The molecule has 0 bridgehead atoms. The van der Waals surface area contributed by atoms with E-state index in [0.717, 1.165) is 0 Å². The summed E-state index contributed by atoms with van der Waals surface area (Å²) in [4.78, 5) is 25.0. The first-order chi connectivity index (χ1) is 13.0. The van der Waals surface area contributed by atoms with Crippen molar-refractivity contribution in [3.63, 3.8) is 0 Å². The van der Waals surface area contributed by atoms with Crippen LogP contribution >= 0.6 is 0 Å². The van der Waals surface area contributed by atoms with Crippen LogP contribution in [0, 0.1) is 5.92 Å². The zero-order valence-electron chi connectivity index (χ0n) is 16.4. The molecule has 0 saturated heterocycles. The van der Waals surface area contributed by atoms with Crippen LogP contribution in [0.2, 0.25) is 0 Å². The van der Waals surface area contributed by atoms with Gasteiger partial charge in [0.15, 0.2) is 0 Å². The molecule has 1 N–H and O–H groups in total. The number of aromatic carboxylic acids is 1. The predicted molar refractivity (Wildman–Crippen MR) is 97.5 cm³/mol. The van der Waals surface area contributed by atoms with Crippen molar-refractivity contribution in [2.45, 2.75) is 39.2 Å². The fourth-order valence-corrected chi connectivity index (χ4v) is 2.61. The number of hydrogen-bond acceptors (Lipinski definition) is 4. The first kappa shape index (κ1) is 21.5. The minimum absolute atomic E-state index is 0.0258. The minimum Gasteiger partial charge on any atom is -0.477 e. The summed E-state index contributed by atoms with van der Waals surface area (Å²) in [6.07, 6.45) is 3.15. The first-order valence-electron chi connectivity index (χ1n) is 8.93. The fraction of sp³-hybridized carbons (Fsp3) is 0.556. The van der Waals surface area contributed by atoms with Gasteiger partial charge in [-0.25, -0.2) is 13.6 Å². The van der Waals surface area contributed by atoms with Crippen molar-refractivity contribution in [2.75, 3.05) is 13.6 Å². The molecular formula is C18H25F2N5O3. The van der Waals surface area contributed by atoms with Crippen molar-refractivity contribution in [1.82, 2.24) is 24.5 Å². The van der Waals surface area contributed by atoms with E-state index in [2.05, 4.69) is 10.3 Å². The summed E-state index contributed by atoms with van der Waals surface area (Å²) in [5.41, 5.74) is 0.895. The highest BCUT2D eigenvalue weighted by molar-refractivity contribution is 5.97. The number of hydrogen-bond donors (Lipinski definition) is 1. The monoisotopic (exact) mass is 397 g/mol. The molecule has 0 spiro atoms. The van der Waals surface area contributed by atoms with Crippen LogP contribution in [0.25, 0.3) is 0 Å². The van der Waals surface area contributed by atoms with Crippen molar-refractivity contribution in [3.05, 3.63) is 35.4 Å². The maximum atomic E-state index is 13.7. The number of carboxylic acid groups (broad SMARTS) is 1. The van der Waals surface area contributed by atoms with Gasteiger partial charge in [0.25, 0.3) is 11.8 Å². The number of carbonyl (C=O) groups is 2. The van der Waals surface area contributed by atoms with E-state index in [4.69, 9.17) is 5.11 Å². The van der Waals surface area contributed by atoms with E-state index in [-0.39, 0.29) is 30.1 Å². The molecule has 2 heterocycles. The lowest BCUT2D eigenvalue weighted by Gasteiger charge is -2.19. The van der Waals surface area contributed by atoms with Gasteiger partial charge >= 0.3 is 5.97 Å². The third kappa shape index (κ3) is 5.14. The van der Waals surface area contributed by atoms with Crippen LogP contribution in [0.4, 0.5) is 8.78 Å². The summed E-state index contributed by atoms with van der Waals surface area (Å²) in [5.74, 6) is -4.92. The molecule has 10 heteroatoms. The molecule has 0 fully saturated rings. The fourth-order valence-electron chi connectivity index (χ4n) is 2.61. The Bertz CT molecular complexity index is 844. The van der Waals surface area contributed by atoms with E-state index in [1.165, 1.54) is 40.3 Å². The Kier molecular flexibility index (Phi) is 6.52. The number of halogens is 2. The molecule has 0 radical (unpaired) electrons. The molecule has 154 valence electrons. The molecule has 2 aromatic rings. The van der Waals surface area contributed by atoms with E-state index in [1.807, 2.05) is 0 Å². The molecule has 2 rings (SSSR count). The zero-order valence-corrected chi connectivity index (χ0v) is 16.4. The Morgan fingerprint density at radius 3 is 2.57 bits per heavy atom. The van der Waals surface area contributed by atoms with Crippen molar-refractivity contribution in [1.29, 1.82) is 0 Å². The average Bonchev–Trinajstić information content (AvgIpc) is 3.23. The second-order valence-corrected chi connectivity index (χ2v) is 7.15. The van der Waals surface area contributed by atoms with Crippen LogP contribution in [0.3, 0.4) is 0 Å². The van der Waals surface area contributed by atoms with Crippen molar-refractivity contribution >= 4 is 11.9 Å². The highest BCUT2D eigenvalue weighted by Gasteiger charge is 2.32. The van der Waals surface area contributed by atoms with Gasteiger partial charge in [-0.15, -0.1) is 5.10 Å². The van der Waals surface area contributed by atoms with Crippen LogP contribution in [-0.2, 0) is 20.0 Å². The van der Waals surface area contributed by atoms with Gasteiger partial charge < -0.3 is 14.6 Å². The number of carboxylic acids is 1. The number of rotatable bonds is 9. The first-order valence-corrected chi connectivity index (χ1v) is 8.93. The third-order valence-electron chi connectivity index (χ3n) is 4.63. The lowest BCUT2D eigenvalue weighted by Crippen LogP contribution is -2.28. The second kappa shape index (κ2) is 8.49. The van der Waals surface area contributed by atoms with Gasteiger partial charge in [0.1, 0.15) is 5.69 Å². The number of aryl methyl sites for hydroxylation is 2. The lowest BCUT2D eigenvalue weighted by molar-refractivity contribution is -0.0561. The van der Waals surface area contributed by atoms with E-state index in [1.54, 1.807) is 20.3 Å². The number of carbonyl (C=O) groups excluding carboxylic acids is 1. The predicted octanol–water partition coefficient (Wildman–Crippen LogP) is 2.31. The van der Waals surface area contributed by atoms with Crippen LogP contribution < -0.4 is 0 Å². The number of likely N-dealkylation sites (N-methyl/N-ethyl adjacent to an activating group) is 1. The molecule has 2 aromatic heterocycles. The van der Waals surface area contributed by atoms with Crippen molar-refractivity contribution in [3.8, 4) is 0 Å². The van der Waals surface area contributed by atoms with Gasteiger partial charge in [-0.05, 0) is 6.07 Å². The number of amides is 1. The Morgan fingerprint density at radius 2 is 2.00 bits per heavy atom. The molecule has 8 nitrogen and oxygen atoms in total. The van der Waals surface area contributed by atoms with Crippen molar-refractivity contribution < 1.29 is 23.5 Å². The van der Waals surface area contributed by atoms with E-state index in [0.29, 0.717) is 18.7 Å². The van der Waals surface area contributed by atoms with Crippen molar-refractivity contribution in [2.24, 2.45) is 13.0 Å². The number of alkyl halides is 2. The molecule has 0 atom stereocenters. The maximum absolute atomic E-state index is 13.7.